The lowest BCUT2D eigenvalue weighted by molar-refractivity contribution is 0.164. The van der Waals surface area contributed by atoms with Crippen molar-refractivity contribution in [1.29, 1.82) is 0 Å². The highest BCUT2D eigenvalue weighted by Gasteiger charge is 2.28. The zero-order valence-corrected chi connectivity index (χ0v) is 22.3. The fourth-order valence-corrected chi connectivity index (χ4v) is 6.38. The highest BCUT2D eigenvalue weighted by atomic mass is 32.2. The Morgan fingerprint density at radius 3 is 2.65 bits per heavy atom. The van der Waals surface area contributed by atoms with Crippen molar-refractivity contribution in [2.24, 2.45) is 0 Å². The van der Waals surface area contributed by atoms with Gasteiger partial charge in [0.2, 0.25) is 0 Å². The third-order valence-electron chi connectivity index (χ3n) is 7.95. The van der Waals surface area contributed by atoms with E-state index >= 15 is 0 Å². The molecule has 0 bridgehead atoms. The van der Waals surface area contributed by atoms with Crippen LogP contribution in [0.15, 0.2) is 65.5 Å². The largest absolute Gasteiger partial charge is 0.493 e. The van der Waals surface area contributed by atoms with Gasteiger partial charge in [-0.05, 0) is 78.3 Å². The minimum atomic E-state index is -0.0295. The molecule has 3 aromatic carbocycles. The molecular weight excluding hydrogens is 478 g/mol. The van der Waals surface area contributed by atoms with E-state index in [1.54, 1.807) is 0 Å². The van der Waals surface area contributed by atoms with Gasteiger partial charge in [0.15, 0.2) is 0 Å². The maximum atomic E-state index is 12.7. The molecule has 0 amide bonds. The Balaban J connectivity index is 1.39. The van der Waals surface area contributed by atoms with Crippen LogP contribution in [0.5, 0.6) is 5.75 Å². The number of nitrogens with one attached hydrogen (secondary N) is 2. The van der Waals surface area contributed by atoms with Crippen LogP contribution >= 0.6 is 11.8 Å². The number of likely N-dealkylation sites (tertiary alicyclic amines) is 1. The standard InChI is InChI=1S/C31H35N3O2S/c1-37-18-14-32-24-12-15-34(16-13-24)30(22-9-11-29-21(19-22)5-4-17-36-29)23-8-10-28-27(20-23)25-6-2-3-7-26(25)31(35)33-28/h2-3,6-11,19-20,24,30,32H,4-5,12-18H2,1H3,(H,33,35). The van der Waals surface area contributed by atoms with Crippen molar-refractivity contribution < 1.29 is 4.74 Å². The lowest BCUT2D eigenvalue weighted by Gasteiger charge is -2.39. The number of aromatic nitrogens is 1. The van der Waals surface area contributed by atoms with E-state index in [2.05, 4.69) is 63.9 Å². The topological polar surface area (TPSA) is 57.4 Å². The van der Waals surface area contributed by atoms with E-state index in [1.165, 1.54) is 16.7 Å². The van der Waals surface area contributed by atoms with Crippen LogP contribution in [-0.2, 0) is 6.42 Å². The number of aryl methyl sites for hydroxylation is 1. The molecule has 1 fully saturated rings. The van der Waals surface area contributed by atoms with Gasteiger partial charge in [-0.1, -0.05) is 36.4 Å². The molecule has 6 heteroatoms. The predicted molar refractivity (Wildman–Crippen MR) is 155 cm³/mol. The molecule has 0 spiro atoms. The Bertz CT molecular complexity index is 1460. The molecule has 1 atom stereocenters. The number of thioether (sulfide) groups is 1. The molecule has 3 heterocycles. The summed E-state index contributed by atoms with van der Waals surface area (Å²) < 4.78 is 5.93. The maximum Gasteiger partial charge on any atom is 0.256 e. The molecule has 5 nitrogen and oxygen atoms in total. The number of H-pyrrole nitrogens is 1. The molecule has 2 aliphatic heterocycles. The summed E-state index contributed by atoms with van der Waals surface area (Å²) >= 11 is 1.90. The molecule has 192 valence electrons. The Labute approximate surface area is 222 Å². The van der Waals surface area contributed by atoms with E-state index in [0.717, 1.165) is 85.1 Å². The smallest absolute Gasteiger partial charge is 0.256 e. The van der Waals surface area contributed by atoms with Gasteiger partial charge in [0.25, 0.3) is 5.56 Å². The van der Waals surface area contributed by atoms with Gasteiger partial charge in [0.05, 0.1) is 12.6 Å². The molecule has 2 N–H and O–H groups in total. The third kappa shape index (κ3) is 5.02. The fraction of sp³-hybridized carbons (Fsp3) is 0.387. The minimum absolute atomic E-state index is 0.0295. The quantitative estimate of drug-likeness (QED) is 0.252. The van der Waals surface area contributed by atoms with Gasteiger partial charge < -0.3 is 15.0 Å². The molecule has 2 aliphatic rings. The van der Waals surface area contributed by atoms with Crippen LogP contribution in [0.1, 0.15) is 42.0 Å². The molecule has 0 radical (unpaired) electrons. The molecule has 1 unspecified atom stereocenters. The second kappa shape index (κ2) is 10.9. The van der Waals surface area contributed by atoms with Gasteiger partial charge in [-0.2, -0.15) is 11.8 Å². The second-order valence-electron chi connectivity index (χ2n) is 10.3. The van der Waals surface area contributed by atoms with E-state index in [-0.39, 0.29) is 11.6 Å². The Kier molecular flexibility index (Phi) is 7.23. The first-order valence-electron chi connectivity index (χ1n) is 13.5. The van der Waals surface area contributed by atoms with Crippen molar-refractivity contribution in [3.63, 3.8) is 0 Å². The number of nitrogens with zero attached hydrogens (tertiary/aromatic N) is 1. The Morgan fingerprint density at radius 2 is 1.81 bits per heavy atom. The molecule has 6 rings (SSSR count). The summed E-state index contributed by atoms with van der Waals surface area (Å²) in [4.78, 5) is 18.4. The summed E-state index contributed by atoms with van der Waals surface area (Å²) in [5.41, 5.74) is 4.78. The van der Waals surface area contributed by atoms with Crippen LogP contribution in [0.2, 0.25) is 0 Å². The van der Waals surface area contributed by atoms with Crippen molar-refractivity contribution in [3.05, 3.63) is 87.7 Å². The average Bonchev–Trinajstić information content (AvgIpc) is 2.94. The maximum absolute atomic E-state index is 12.7. The van der Waals surface area contributed by atoms with Gasteiger partial charge in [0, 0.05) is 47.7 Å². The molecule has 4 aromatic rings. The lowest BCUT2D eigenvalue weighted by atomic mass is 9.90. The molecule has 1 saturated heterocycles. The second-order valence-corrected chi connectivity index (χ2v) is 11.3. The van der Waals surface area contributed by atoms with Crippen LogP contribution in [-0.4, -0.2) is 54.2 Å². The molecule has 37 heavy (non-hydrogen) atoms. The first-order valence-corrected chi connectivity index (χ1v) is 14.9. The number of benzene rings is 3. The third-order valence-corrected chi connectivity index (χ3v) is 8.56. The minimum Gasteiger partial charge on any atom is -0.493 e. The highest BCUT2D eigenvalue weighted by Crippen LogP contribution is 2.36. The van der Waals surface area contributed by atoms with Gasteiger partial charge in [-0.15, -0.1) is 0 Å². The van der Waals surface area contributed by atoms with Crippen LogP contribution in [0.3, 0.4) is 0 Å². The summed E-state index contributed by atoms with van der Waals surface area (Å²) in [6.07, 6.45) is 6.62. The molecule has 0 saturated carbocycles. The van der Waals surface area contributed by atoms with Crippen molar-refractivity contribution in [3.8, 4) is 5.75 Å². The normalized spacial score (nSPS) is 17.5. The number of rotatable bonds is 7. The predicted octanol–water partition coefficient (Wildman–Crippen LogP) is 5.51. The summed E-state index contributed by atoms with van der Waals surface area (Å²) in [7, 11) is 0. The van der Waals surface area contributed by atoms with Crippen molar-refractivity contribution >= 4 is 33.4 Å². The number of aromatic amines is 1. The Hall–Kier alpha value is -2.80. The monoisotopic (exact) mass is 513 g/mol. The van der Waals surface area contributed by atoms with Crippen molar-refractivity contribution in [2.45, 2.75) is 37.8 Å². The van der Waals surface area contributed by atoms with Gasteiger partial charge in [0.1, 0.15) is 5.75 Å². The van der Waals surface area contributed by atoms with E-state index < -0.39 is 0 Å². The Morgan fingerprint density at radius 1 is 1.03 bits per heavy atom. The van der Waals surface area contributed by atoms with E-state index in [0.29, 0.717) is 6.04 Å². The van der Waals surface area contributed by atoms with E-state index in [4.69, 9.17) is 4.74 Å². The number of hydrogen-bond donors (Lipinski definition) is 2. The molecule has 0 aliphatic carbocycles. The van der Waals surface area contributed by atoms with Crippen LogP contribution < -0.4 is 15.6 Å². The number of ether oxygens (including phenoxy) is 1. The summed E-state index contributed by atoms with van der Waals surface area (Å²) in [6.45, 7) is 4.00. The first-order chi connectivity index (χ1) is 18.2. The number of fused-ring (bicyclic) bond motifs is 4. The zero-order valence-electron chi connectivity index (χ0n) is 21.5. The molecular formula is C31H35N3O2S. The SMILES string of the molecule is CSCCNC1CCN(C(c2ccc3c(c2)CCCO3)c2ccc3[nH]c(=O)c4ccccc4c3c2)CC1. The van der Waals surface area contributed by atoms with Crippen molar-refractivity contribution in [2.75, 3.05) is 38.2 Å². The van der Waals surface area contributed by atoms with Gasteiger partial charge >= 0.3 is 0 Å². The van der Waals surface area contributed by atoms with Crippen LogP contribution in [0, 0.1) is 0 Å². The van der Waals surface area contributed by atoms with Gasteiger partial charge in [-0.25, -0.2) is 0 Å². The summed E-state index contributed by atoms with van der Waals surface area (Å²) in [5, 5.41) is 6.61. The van der Waals surface area contributed by atoms with E-state index in [1.807, 2.05) is 30.0 Å². The van der Waals surface area contributed by atoms with Crippen molar-refractivity contribution in [1.82, 2.24) is 15.2 Å². The van der Waals surface area contributed by atoms with E-state index in [9.17, 15) is 4.79 Å². The zero-order chi connectivity index (χ0) is 25.2. The fourth-order valence-electron chi connectivity index (χ4n) is 6.06. The highest BCUT2D eigenvalue weighted by molar-refractivity contribution is 7.98. The lowest BCUT2D eigenvalue weighted by Crippen LogP contribution is -2.44. The van der Waals surface area contributed by atoms with Gasteiger partial charge in [-0.3, -0.25) is 9.69 Å². The molecule has 1 aromatic heterocycles. The average molecular weight is 514 g/mol. The summed E-state index contributed by atoms with van der Waals surface area (Å²) in [6, 6.07) is 22.1. The van der Waals surface area contributed by atoms with Crippen LogP contribution in [0.4, 0.5) is 0 Å². The summed E-state index contributed by atoms with van der Waals surface area (Å²) in [5.74, 6) is 2.19. The number of hydrogen-bond acceptors (Lipinski definition) is 5. The number of pyridine rings is 1. The number of piperidine rings is 1. The first kappa shape index (κ1) is 24.5. The van der Waals surface area contributed by atoms with Crippen LogP contribution in [0.25, 0.3) is 21.7 Å².